The van der Waals surface area contributed by atoms with Gasteiger partial charge in [-0.15, -0.1) is 11.8 Å². The van der Waals surface area contributed by atoms with Gasteiger partial charge in [-0.2, -0.15) is 12.6 Å². The third-order valence-corrected chi connectivity index (χ3v) is 4.35. The Morgan fingerprint density at radius 3 is 2.56 bits per heavy atom. The molecule has 1 unspecified atom stereocenters. The van der Waals surface area contributed by atoms with Crippen LogP contribution in [-0.4, -0.2) is 16.5 Å². The molecule has 4 heteroatoms. The monoisotopic (exact) mass is 275 g/mol. The van der Waals surface area contributed by atoms with Crippen LogP contribution in [-0.2, 0) is 0 Å². The highest BCUT2D eigenvalue weighted by Crippen LogP contribution is 2.31. The van der Waals surface area contributed by atoms with Crippen molar-refractivity contribution in [1.29, 1.82) is 0 Å². The van der Waals surface area contributed by atoms with Crippen LogP contribution in [0.2, 0.25) is 5.02 Å². The van der Waals surface area contributed by atoms with Crippen molar-refractivity contribution >= 4 is 36.0 Å². The van der Waals surface area contributed by atoms with Gasteiger partial charge in [-0.05, 0) is 29.2 Å². The van der Waals surface area contributed by atoms with E-state index in [-0.39, 0.29) is 0 Å². The summed E-state index contributed by atoms with van der Waals surface area (Å²) in [6.07, 6.45) is 1.69. The zero-order valence-electron chi connectivity index (χ0n) is 9.90. The van der Waals surface area contributed by atoms with Gasteiger partial charge in [0.1, 0.15) is 0 Å². The first-order valence-corrected chi connectivity index (χ1v) is 7.28. The summed E-state index contributed by atoms with van der Waals surface area (Å²) >= 11 is 12.0. The highest BCUT2D eigenvalue weighted by molar-refractivity contribution is 7.99. The molecule has 1 atom stereocenters. The van der Waals surface area contributed by atoms with E-state index in [9.17, 15) is 0 Å². The van der Waals surface area contributed by atoms with Crippen molar-refractivity contribution in [3.8, 4) is 0 Å². The van der Waals surface area contributed by atoms with Gasteiger partial charge in [0.05, 0.1) is 10.0 Å². The number of rotatable bonds is 4. The Morgan fingerprint density at radius 2 is 2.12 bits per heavy atom. The Balaban J connectivity index is 2.53. The predicted molar refractivity (Wildman–Crippen MR) is 76.8 cm³/mol. The Kier molecular flexibility index (Phi) is 5.48. The summed E-state index contributed by atoms with van der Waals surface area (Å²) in [5, 5.41) is 1.71. The molecule has 1 nitrogen and oxygen atoms in total. The third-order valence-electron chi connectivity index (χ3n) is 2.58. The van der Waals surface area contributed by atoms with Crippen LogP contribution in [0, 0.1) is 11.3 Å². The lowest BCUT2D eigenvalue weighted by atomic mass is 9.83. The van der Waals surface area contributed by atoms with Crippen molar-refractivity contribution in [3.63, 3.8) is 0 Å². The van der Waals surface area contributed by atoms with Gasteiger partial charge in [0.25, 0.3) is 0 Å². The average molecular weight is 276 g/mol. The maximum absolute atomic E-state index is 5.79. The molecule has 0 N–H and O–H groups in total. The minimum Gasteiger partial charge on any atom is -0.248 e. The molecule has 16 heavy (non-hydrogen) atoms. The summed E-state index contributed by atoms with van der Waals surface area (Å²) in [4.78, 5) is 4.27. The zero-order valence-corrected chi connectivity index (χ0v) is 12.4. The summed E-state index contributed by atoms with van der Waals surface area (Å²) in [6.45, 7) is 6.76. The van der Waals surface area contributed by atoms with Crippen molar-refractivity contribution in [2.75, 3.05) is 11.5 Å². The molecule has 0 aromatic carbocycles. The van der Waals surface area contributed by atoms with E-state index in [0.717, 1.165) is 16.5 Å². The van der Waals surface area contributed by atoms with E-state index in [1.54, 1.807) is 18.0 Å². The fourth-order valence-electron chi connectivity index (χ4n) is 1.21. The summed E-state index contributed by atoms with van der Waals surface area (Å²) in [5.41, 5.74) is 0.293. The van der Waals surface area contributed by atoms with Gasteiger partial charge in [0.2, 0.25) is 0 Å². The van der Waals surface area contributed by atoms with Gasteiger partial charge in [-0.3, -0.25) is 0 Å². The highest BCUT2D eigenvalue weighted by Gasteiger charge is 2.23. The Morgan fingerprint density at radius 1 is 1.44 bits per heavy atom. The maximum Gasteiger partial charge on any atom is 0.0961 e. The molecule has 90 valence electrons. The van der Waals surface area contributed by atoms with Crippen molar-refractivity contribution in [3.05, 3.63) is 23.4 Å². The number of thiol groups is 1. The van der Waals surface area contributed by atoms with Crippen LogP contribution in [0.4, 0.5) is 0 Å². The van der Waals surface area contributed by atoms with Crippen molar-refractivity contribution in [2.24, 2.45) is 11.3 Å². The SMILES string of the molecule is CC(C)(C)C(CS)CSc1ccc(Cl)cn1. The molecule has 1 heterocycles. The van der Waals surface area contributed by atoms with E-state index < -0.39 is 0 Å². The van der Waals surface area contributed by atoms with Crippen LogP contribution in [0.1, 0.15) is 20.8 Å². The molecule has 0 radical (unpaired) electrons. The molecule has 0 amide bonds. The van der Waals surface area contributed by atoms with Gasteiger partial charge in [0, 0.05) is 11.9 Å². The first-order valence-electron chi connectivity index (χ1n) is 5.28. The van der Waals surface area contributed by atoms with Crippen LogP contribution >= 0.6 is 36.0 Å². The number of pyridine rings is 1. The second-order valence-electron chi connectivity index (χ2n) is 4.87. The molecule has 1 aromatic rings. The predicted octanol–water partition coefficient (Wildman–Crippen LogP) is 4.42. The number of halogens is 1. The van der Waals surface area contributed by atoms with Crippen molar-refractivity contribution in [2.45, 2.75) is 25.8 Å². The van der Waals surface area contributed by atoms with Gasteiger partial charge in [-0.1, -0.05) is 32.4 Å². The van der Waals surface area contributed by atoms with Crippen LogP contribution < -0.4 is 0 Å². The summed E-state index contributed by atoms with van der Waals surface area (Å²) < 4.78 is 0. The van der Waals surface area contributed by atoms with E-state index in [2.05, 4.69) is 38.4 Å². The van der Waals surface area contributed by atoms with Gasteiger partial charge < -0.3 is 0 Å². The molecule has 0 bridgehead atoms. The normalized spacial score (nSPS) is 13.8. The third kappa shape index (κ3) is 4.56. The van der Waals surface area contributed by atoms with Crippen LogP contribution in [0.3, 0.4) is 0 Å². The van der Waals surface area contributed by atoms with Crippen molar-refractivity contribution < 1.29 is 0 Å². The van der Waals surface area contributed by atoms with Crippen molar-refractivity contribution in [1.82, 2.24) is 4.98 Å². The molecule has 0 saturated carbocycles. The zero-order chi connectivity index (χ0) is 12.2. The fraction of sp³-hybridized carbons (Fsp3) is 0.583. The van der Waals surface area contributed by atoms with Gasteiger partial charge >= 0.3 is 0 Å². The molecule has 1 aromatic heterocycles. The Hall–Kier alpha value is 0.140. The Bertz CT molecular complexity index is 319. The second-order valence-corrected chi connectivity index (χ2v) is 6.71. The van der Waals surface area contributed by atoms with Crippen LogP contribution in [0.15, 0.2) is 23.4 Å². The first-order chi connectivity index (χ1) is 7.43. The molecule has 0 aliphatic rings. The number of thioether (sulfide) groups is 1. The molecular weight excluding hydrogens is 258 g/mol. The quantitative estimate of drug-likeness (QED) is 0.645. The van der Waals surface area contributed by atoms with E-state index in [0.29, 0.717) is 16.4 Å². The summed E-state index contributed by atoms with van der Waals surface area (Å²) in [5.74, 6) is 2.53. The number of hydrogen-bond acceptors (Lipinski definition) is 3. The highest BCUT2D eigenvalue weighted by atomic mass is 35.5. The van der Waals surface area contributed by atoms with E-state index >= 15 is 0 Å². The molecule has 0 spiro atoms. The summed E-state index contributed by atoms with van der Waals surface area (Å²) in [6, 6.07) is 3.84. The van der Waals surface area contributed by atoms with Gasteiger partial charge in [-0.25, -0.2) is 4.98 Å². The number of nitrogens with zero attached hydrogens (tertiary/aromatic N) is 1. The summed E-state index contributed by atoms with van der Waals surface area (Å²) in [7, 11) is 0. The first kappa shape index (κ1) is 14.2. The van der Waals surface area contributed by atoms with E-state index in [1.807, 2.05) is 12.1 Å². The minimum atomic E-state index is 0.293. The molecular formula is C12H18ClNS2. The van der Waals surface area contributed by atoms with E-state index in [4.69, 9.17) is 11.6 Å². The molecule has 0 aliphatic carbocycles. The lowest BCUT2D eigenvalue weighted by molar-refractivity contribution is 0.294. The van der Waals surface area contributed by atoms with E-state index in [1.165, 1.54) is 0 Å². The number of aromatic nitrogens is 1. The largest absolute Gasteiger partial charge is 0.248 e. The van der Waals surface area contributed by atoms with Crippen LogP contribution in [0.5, 0.6) is 0 Å². The second kappa shape index (κ2) is 6.18. The molecule has 0 fully saturated rings. The molecule has 0 aliphatic heterocycles. The molecule has 1 rings (SSSR count). The van der Waals surface area contributed by atoms with Gasteiger partial charge in [0.15, 0.2) is 0 Å². The maximum atomic E-state index is 5.79. The standard InChI is InChI=1S/C12H18ClNS2/c1-12(2,3)9(7-15)8-16-11-5-4-10(13)6-14-11/h4-6,9,15H,7-8H2,1-3H3. The van der Waals surface area contributed by atoms with Crippen LogP contribution in [0.25, 0.3) is 0 Å². The smallest absolute Gasteiger partial charge is 0.0961 e. The average Bonchev–Trinajstić information content (AvgIpc) is 2.19. The fourth-order valence-corrected chi connectivity index (χ4v) is 3.45. The lowest BCUT2D eigenvalue weighted by Crippen LogP contribution is -2.24. The minimum absolute atomic E-state index is 0.293. The molecule has 0 saturated heterocycles. The lowest BCUT2D eigenvalue weighted by Gasteiger charge is -2.28. The number of hydrogen-bond donors (Lipinski definition) is 1. The Labute approximate surface area is 113 Å². The topological polar surface area (TPSA) is 12.9 Å².